The van der Waals surface area contributed by atoms with Crippen LogP contribution in [0.1, 0.15) is 98.7 Å². The number of allylic oxidation sites excluding steroid dienone is 3. The van der Waals surface area contributed by atoms with E-state index in [-0.39, 0.29) is 45.5 Å². The minimum atomic E-state index is -2.37. The van der Waals surface area contributed by atoms with Crippen molar-refractivity contribution in [2.75, 3.05) is 26.1 Å². The number of methoxy groups -OCH3 is 2. The average molecular weight is 983 g/mol. The number of carbonyl (C=O) groups is 6. The predicted molar refractivity (Wildman–Crippen MR) is 243 cm³/mol. The summed E-state index contributed by atoms with van der Waals surface area (Å²) in [5, 5.41) is 54.1. The molecule has 23 nitrogen and oxygen atoms in total. The first-order chi connectivity index (χ1) is 33.5. The van der Waals surface area contributed by atoms with Crippen molar-refractivity contribution in [1.29, 1.82) is 0 Å². The fourth-order valence-corrected chi connectivity index (χ4v) is 9.19. The van der Waals surface area contributed by atoms with Crippen LogP contribution in [-0.2, 0) is 23.7 Å². The predicted octanol–water partition coefficient (Wildman–Crippen LogP) is 3.83. The van der Waals surface area contributed by atoms with Crippen molar-refractivity contribution in [3.63, 3.8) is 0 Å². The fraction of sp³-hybridized carbons (Fsp3) is 0.375. The van der Waals surface area contributed by atoms with Crippen LogP contribution in [0.2, 0.25) is 0 Å². The number of esters is 1. The van der Waals surface area contributed by atoms with Crippen molar-refractivity contribution in [3.8, 4) is 28.7 Å². The largest absolute Gasteiger partial charge is 0.507 e. The quantitative estimate of drug-likeness (QED) is 0.0788. The number of ketones is 4. The number of nitroso groups, excluding NO2 is 1. The monoisotopic (exact) mass is 982 g/mol. The first-order valence-electron chi connectivity index (χ1n) is 21.9. The minimum Gasteiger partial charge on any atom is -0.507 e. The molecular formula is C48H46N4O19. The topological polar surface area (TPSA) is 335 Å². The number of aliphatic hydroxyl groups is 1. The van der Waals surface area contributed by atoms with E-state index in [2.05, 4.69) is 20.8 Å². The first-order valence-corrected chi connectivity index (χ1v) is 21.9. The van der Waals surface area contributed by atoms with Gasteiger partial charge in [-0.25, -0.2) is 14.6 Å². The summed E-state index contributed by atoms with van der Waals surface area (Å²) >= 11 is 0. The number of pyridine rings is 1. The maximum atomic E-state index is 14.5. The average Bonchev–Trinajstić information content (AvgIpc) is 3.33. The summed E-state index contributed by atoms with van der Waals surface area (Å²) in [5.74, 6) is -11.8. The van der Waals surface area contributed by atoms with E-state index in [1.807, 2.05) is 0 Å². The van der Waals surface area contributed by atoms with E-state index in [9.17, 15) is 58.9 Å². The van der Waals surface area contributed by atoms with Crippen molar-refractivity contribution < 1.29 is 82.0 Å². The van der Waals surface area contributed by atoms with Gasteiger partial charge in [0, 0.05) is 37.1 Å². The lowest BCUT2D eigenvalue weighted by atomic mass is 9.82. The molecule has 5 heterocycles. The van der Waals surface area contributed by atoms with Crippen LogP contribution in [0, 0.1) is 17.7 Å². The summed E-state index contributed by atoms with van der Waals surface area (Å²) < 4.78 is 39.5. The zero-order valence-electron chi connectivity index (χ0n) is 39.1. The highest BCUT2D eigenvalue weighted by atomic mass is 16.7. The third-order valence-corrected chi connectivity index (χ3v) is 12.9. The van der Waals surface area contributed by atoms with Crippen molar-refractivity contribution in [2.24, 2.45) is 11.1 Å². The van der Waals surface area contributed by atoms with E-state index in [4.69, 9.17) is 32.8 Å². The van der Waals surface area contributed by atoms with Crippen molar-refractivity contribution >= 4 is 51.7 Å². The van der Waals surface area contributed by atoms with Gasteiger partial charge >= 0.3 is 11.6 Å². The summed E-state index contributed by atoms with van der Waals surface area (Å²) in [4.78, 5) is 115. The van der Waals surface area contributed by atoms with Gasteiger partial charge in [0.15, 0.2) is 51.9 Å². The number of aryl methyl sites for hydroxylation is 1. The Labute approximate surface area is 401 Å². The molecule has 1 fully saturated rings. The molecule has 2 aromatic carbocycles. The molecule has 23 heteroatoms. The molecular weight excluding hydrogens is 937 g/mol. The molecule has 4 aromatic rings. The van der Waals surface area contributed by atoms with Gasteiger partial charge in [0.25, 0.3) is 5.91 Å². The van der Waals surface area contributed by atoms with Crippen LogP contribution in [0.25, 0.3) is 11.0 Å². The molecule has 0 saturated carbocycles. The van der Waals surface area contributed by atoms with E-state index in [1.165, 1.54) is 79.2 Å². The molecule has 1 saturated heterocycles. The number of amides is 1. The van der Waals surface area contributed by atoms with Crippen LogP contribution in [0.3, 0.4) is 0 Å². The van der Waals surface area contributed by atoms with E-state index >= 15 is 0 Å². The Morgan fingerprint density at radius 2 is 1.66 bits per heavy atom. The number of nitrogens with one attached hydrogen (secondary N) is 2. The van der Waals surface area contributed by atoms with Crippen molar-refractivity contribution in [1.82, 2.24) is 10.3 Å². The maximum Gasteiger partial charge on any atom is 0.364 e. The Balaban J connectivity index is 1.21. The molecule has 8 atom stereocenters. The van der Waals surface area contributed by atoms with Crippen LogP contribution < -0.4 is 25.7 Å². The molecule has 2 aromatic heterocycles. The second kappa shape index (κ2) is 18.1. The number of aromatic nitrogens is 1. The Morgan fingerprint density at radius 1 is 0.944 bits per heavy atom. The van der Waals surface area contributed by atoms with Gasteiger partial charge in [-0.2, -0.15) is 4.91 Å². The number of aliphatic hydroxyl groups excluding tert-OH is 1. The van der Waals surface area contributed by atoms with Gasteiger partial charge < -0.3 is 63.9 Å². The number of phenols is 1. The van der Waals surface area contributed by atoms with Crippen molar-refractivity contribution in [2.45, 2.75) is 89.8 Å². The highest BCUT2D eigenvalue weighted by Gasteiger charge is 2.52. The molecule has 8 unspecified atom stereocenters. The highest BCUT2D eigenvalue weighted by Crippen LogP contribution is 2.42. The number of carbonyl (C=O) groups excluding carboxylic acids is 6. The molecule has 8 rings (SSSR count). The van der Waals surface area contributed by atoms with Gasteiger partial charge in [0.05, 0.1) is 36.3 Å². The molecule has 1 amide bonds. The number of nitrogens with zero attached hydrogens (tertiary/aromatic N) is 2. The number of hydrogen-bond donors (Lipinski definition) is 6. The van der Waals surface area contributed by atoms with Crippen LogP contribution >= 0.6 is 0 Å². The zero-order valence-corrected chi connectivity index (χ0v) is 39.1. The number of rotatable bonds is 9. The summed E-state index contributed by atoms with van der Waals surface area (Å²) in [6.45, 7) is 7.72. The van der Waals surface area contributed by atoms with Crippen LogP contribution in [0.15, 0.2) is 67.8 Å². The molecule has 1 aliphatic carbocycles. The normalized spacial score (nSPS) is 26.3. The van der Waals surface area contributed by atoms with E-state index in [1.54, 1.807) is 6.92 Å². The Hall–Kier alpha value is -8.02. The molecule has 71 heavy (non-hydrogen) atoms. The maximum absolute atomic E-state index is 14.5. The smallest absolute Gasteiger partial charge is 0.364 e. The molecule has 0 radical (unpaired) electrons. The molecule has 4 aliphatic rings. The summed E-state index contributed by atoms with van der Waals surface area (Å²) in [6.07, 6.45) is -6.64. The Bertz CT molecular complexity index is 3160. The van der Waals surface area contributed by atoms with Gasteiger partial charge in [-0.1, -0.05) is 18.2 Å². The number of aromatic hydroxyl groups is 3. The second-order valence-electron chi connectivity index (χ2n) is 17.9. The molecule has 0 spiro atoms. The van der Waals surface area contributed by atoms with Crippen LogP contribution in [0.5, 0.6) is 28.7 Å². The van der Waals surface area contributed by atoms with Gasteiger partial charge in [-0.05, 0) is 64.0 Å². The minimum absolute atomic E-state index is 0.0251. The zero-order chi connectivity index (χ0) is 51.8. The fourth-order valence-electron chi connectivity index (χ4n) is 9.19. The Kier molecular flexibility index (Phi) is 12.6. The third kappa shape index (κ3) is 8.29. The van der Waals surface area contributed by atoms with Crippen LogP contribution in [-0.4, -0.2) is 123 Å². The number of ether oxygens (including phenoxy) is 6. The van der Waals surface area contributed by atoms with E-state index in [0.29, 0.717) is 0 Å². The summed E-state index contributed by atoms with van der Waals surface area (Å²) in [6, 6.07) is 6.18. The number of phenolic OH excluding ortho intramolecular Hbond substituents is 1. The SMILES string of the molecule is COc1ccc2c(O)c(NC(=O)c3cc(OC4CC(C)(N=O)C(OC)C(C)O4)c(O)c(C(=O)OC4C(C)C=C(C)C(=O)c5c(O)c(C)cc6c5C(=O)C5=C(NCC(C)(O5)C(=O)C4O)C6=O)n3)c(=O)oc2c1. The van der Waals surface area contributed by atoms with Crippen molar-refractivity contribution in [3.05, 3.63) is 102 Å². The van der Waals surface area contributed by atoms with Gasteiger partial charge in [0.1, 0.15) is 46.2 Å². The molecule has 3 aliphatic heterocycles. The number of fused-ring (bicyclic) bond motifs is 2. The number of hydrogen-bond acceptors (Lipinski definition) is 22. The lowest BCUT2D eigenvalue weighted by Gasteiger charge is -2.42. The first kappa shape index (κ1) is 49.4. The molecule has 3 bridgehead atoms. The van der Waals surface area contributed by atoms with Gasteiger partial charge in [-0.15, -0.1) is 0 Å². The lowest BCUT2D eigenvalue weighted by Crippen LogP contribution is -2.59. The van der Waals surface area contributed by atoms with E-state index < -0.39 is 152 Å². The Morgan fingerprint density at radius 3 is 2.34 bits per heavy atom. The number of benzene rings is 2. The summed E-state index contributed by atoms with van der Waals surface area (Å²) in [5.41, 5.74) is -9.35. The molecule has 6 N–H and O–H groups in total. The standard InChI is InChI=1S/C48H46N4O19/c1-17-11-19(3)40(39(59)42(60)48(6)16-49-30-36(56)23-12-18(2)34(54)29(33(17)53)28(23)38(58)41(30)71-48)70-46(63)32-37(57)26(68-27-15-47(5,52-64)43(66-8)20(4)67-27)14-24(50-32)44(61)51-31-35(55)22-10-9-21(65-7)13-25(22)69-45(31)62/h9-14,19-20,27,39-40,43,49,54-55,57,59H,15-16H2,1-8H3,(H,51,61). The number of Topliss-reactive ketones (excluding diaryl/α,β-unsaturated/α-hetero) is 4. The van der Waals surface area contributed by atoms with Gasteiger partial charge in [-0.3, -0.25) is 24.0 Å². The van der Waals surface area contributed by atoms with Gasteiger partial charge in [0.2, 0.25) is 23.6 Å². The molecule has 372 valence electrons. The van der Waals surface area contributed by atoms with E-state index in [0.717, 1.165) is 6.07 Å². The van der Waals surface area contributed by atoms with Crippen LogP contribution in [0.4, 0.5) is 5.69 Å². The lowest BCUT2D eigenvalue weighted by molar-refractivity contribution is -0.210. The third-order valence-electron chi connectivity index (χ3n) is 12.9. The summed E-state index contributed by atoms with van der Waals surface area (Å²) in [7, 11) is 2.70. The number of anilines is 1. The highest BCUT2D eigenvalue weighted by molar-refractivity contribution is 6.31. The second-order valence-corrected chi connectivity index (χ2v) is 17.9.